The molecule has 0 bridgehead atoms. The van der Waals surface area contributed by atoms with Crippen LogP contribution in [0.2, 0.25) is 0 Å². The molecule has 0 aliphatic heterocycles. The van der Waals surface area contributed by atoms with Gasteiger partial charge < -0.3 is 0 Å². The van der Waals surface area contributed by atoms with E-state index >= 15 is 0 Å². The van der Waals surface area contributed by atoms with Crippen LogP contribution in [0.3, 0.4) is 0 Å². The third kappa shape index (κ3) is 11.2. The molecule has 1 aliphatic rings. The molecule has 164 valence electrons. The van der Waals surface area contributed by atoms with Gasteiger partial charge in [-0.1, -0.05) is 130 Å². The zero-order valence-electron chi connectivity index (χ0n) is 20.0. The molecule has 29 heavy (non-hydrogen) atoms. The van der Waals surface area contributed by atoms with Crippen molar-refractivity contribution < 1.29 is 4.79 Å². The average molecular weight is 399 g/mol. The fraction of sp³-hybridized carbons (Fsp3) is 0.607. The summed E-state index contributed by atoms with van der Waals surface area (Å²) in [6, 6.07) is 7.78. The van der Waals surface area contributed by atoms with Gasteiger partial charge in [-0.05, 0) is 35.6 Å². The van der Waals surface area contributed by atoms with Crippen molar-refractivity contribution in [2.45, 2.75) is 112 Å². The van der Waals surface area contributed by atoms with E-state index < -0.39 is 0 Å². The number of rotatable bonds is 11. The Morgan fingerprint density at radius 2 is 1.14 bits per heavy atom. The minimum absolute atomic E-state index is 0.133. The summed E-state index contributed by atoms with van der Waals surface area (Å²) in [4.78, 5) is 12.1. The van der Waals surface area contributed by atoms with E-state index in [9.17, 15) is 4.79 Å². The van der Waals surface area contributed by atoms with E-state index in [0.717, 1.165) is 35.1 Å². The minimum atomic E-state index is 0.133. The van der Waals surface area contributed by atoms with Gasteiger partial charge in [0.1, 0.15) is 0 Å². The second kappa shape index (κ2) is 18.4. The third-order valence-corrected chi connectivity index (χ3v) is 5.22. The van der Waals surface area contributed by atoms with Crippen LogP contribution in [0.5, 0.6) is 0 Å². The summed E-state index contributed by atoms with van der Waals surface area (Å²) in [6.07, 6.45) is 17.4. The fourth-order valence-corrected chi connectivity index (χ4v) is 3.45. The van der Waals surface area contributed by atoms with Crippen molar-refractivity contribution in [3.8, 4) is 0 Å². The van der Waals surface area contributed by atoms with Gasteiger partial charge in [-0.2, -0.15) is 0 Å². The molecule has 1 nitrogen and oxygen atoms in total. The van der Waals surface area contributed by atoms with Gasteiger partial charge in [-0.3, -0.25) is 4.79 Å². The zero-order valence-corrected chi connectivity index (χ0v) is 20.0. The molecule has 0 spiro atoms. The van der Waals surface area contributed by atoms with Gasteiger partial charge in [0.2, 0.25) is 0 Å². The van der Waals surface area contributed by atoms with Gasteiger partial charge in [0.15, 0.2) is 5.78 Å². The average Bonchev–Trinajstić information content (AvgIpc) is 2.76. The summed E-state index contributed by atoms with van der Waals surface area (Å²) in [7, 11) is 0. The predicted molar refractivity (Wildman–Crippen MR) is 132 cm³/mol. The van der Waals surface area contributed by atoms with Crippen LogP contribution in [0.4, 0.5) is 0 Å². The molecule has 0 saturated heterocycles. The highest BCUT2D eigenvalue weighted by Gasteiger charge is 2.19. The molecule has 1 aromatic rings. The van der Waals surface area contributed by atoms with Crippen LogP contribution in [0.25, 0.3) is 5.57 Å². The molecule has 0 radical (unpaired) electrons. The largest absolute Gasteiger partial charge is 0.289 e. The number of hydrogen-bond acceptors (Lipinski definition) is 1. The molecule has 2 rings (SSSR count). The molecule has 0 amide bonds. The lowest BCUT2D eigenvalue weighted by Crippen LogP contribution is -2.08. The van der Waals surface area contributed by atoms with Crippen molar-refractivity contribution in [1.29, 1.82) is 0 Å². The van der Waals surface area contributed by atoms with E-state index in [1.165, 1.54) is 64.2 Å². The van der Waals surface area contributed by atoms with Crippen LogP contribution in [-0.2, 0) is 0 Å². The number of carbonyl (C=O) groups is 1. The summed E-state index contributed by atoms with van der Waals surface area (Å²) in [6.45, 7) is 14.9. The number of fused-ring (bicyclic) bond motifs is 1. The first-order chi connectivity index (χ1) is 14.2. The second-order valence-electron chi connectivity index (χ2n) is 7.64. The van der Waals surface area contributed by atoms with Crippen LogP contribution in [0.1, 0.15) is 128 Å². The maximum Gasteiger partial charge on any atom is 0.186 e. The van der Waals surface area contributed by atoms with E-state index in [4.69, 9.17) is 0 Å². The summed E-state index contributed by atoms with van der Waals surface area (Å²) >= 11 is 0. The first-order valence-corrected chi connectivity index (χ1v) is 12.2. The van der Waals surface area contributed by atoms with Gasteiger partial charge >= 0.3 is 0 Å². The van der Waals surface area contributed by atoms with Gasteiger partial charge in [0.25, 0.3) is 0 Å². The smallest absolute Gasteiger partial charge is 0.186 e. The highest BCUT2D eigenvalue weighted by molar-refractivity contribution is 6.13. The van der Waals surface area contributed by atoms with Gasteiger partial charge in [0.05, 0.1) is 0 Å². The Balaban J connectivity index is 0.000000740. The maximum absolute atomic E-state index is 12.1. The summed E-state index contributed by atoms with van der Waals surface area (Å²) in [5.41, 5.74) is 3.98. The molecule has 1 aliphatic carbocycles. The van der Waals surface area contributed by atoms with E-state index in [0.29, 0.717) is 0 Å². The number of carbonyl (C=O) groups excluding carboxylic acids is 1. The van der Waals surface area contributed by atoms with E-state index in [2.05, 4.69) is 27.4 Å². The predicted octanol–water partition coefficient (Wildman–Crippen LogP) is 9.58. The highest BCUT2D eigenvalue weighted by Crippen LogP contribution is 2.32. The Morgan fingerprint density at radius 1 is 0.690 bits per heavy atom. The highest BCUT2D eigenvalue weighted by atomic mass is 16.1. The molecule has 0 heterocycles. The topological polar surface area (TPSA) is 17.1 Å². The minimum Gasteiger partial charge on any atom is -0.289 e. The summed E-state index contributed by atoms with van der Waals surface area (Å²) < 4.78 is 0. The third-order valence-electron chi connectivity index (χ3n) is 5.22. The maximum atomic E-state index is 12.1. The Labute approximate surface area is 181 Å². The van der Waals surface area contributed by atoms with Crippen molar-refractivity contribution in [2.24, 2.45) is 0 Å². The molecule has 0 N–H and O–H groups in total. The fourth-order valence-electron chi connectivity index (χ4n) is 3.45. The molecule has 0 unspecified atom stereocenters. The van der Waals surface area contributed by atoms with Crippen molar-refractivity contribution in [3.05, 3.63) is 53.6 Å². The van der Waals surface area contributed by atoms with Crippen LogP contribution >= 0.6 is 0 Å². The number of hydrogen-bond donors (Lipinski definition) is 0. The van der Waals surface area contributed by atoms with Crippen molar-refractivity contribution in [1.82, 2.24) is 0 Å². The lowest BCUT2D eigenvalue weighted by molar-refractivity contribution is 0.104. The first-order valence-electron chi connectivity index (χ1n) is 12.2. The lowest BCUT2D eigenvalue weighted by Gasteiger charge is -2.18. The van der Waals surface area contributed by atoms with Crippen LogP contribution in [0, 0.1) is 0 Å². The normalized spacial score (nSPS) is 12.2. The molecule has 0 fully saturated rings. The number of unbranched alkanes of at least 4 members (excludes halogenated alkanes) is 9. The van der Waals surface area contributed by atoms with Crippen molar-refractivity contribution in [3.63, 3.8) is 0 Å². The van der Waals surface area contributed by atoms with E-state index in [-0.39, 0.29) is 5.78 Å². The Kier molecular flexibility index (Phi) is 17.4. The molecule has 0 atom stereocenters. The summed E-state index contributed by atoms with van der Waals surface area (Å²) in [5, 5.41) is 0. The molecule has 0 aromatic heterocycles. The Bertz CT molecular complexity index is 590. The van der Waals surface area contributed by atoms with Crippen LogP contribution < -0.4 is 0 Å². The summed E-state index contributed by atoms with van der Waals surface area (Å²) in [5.74, 6) is 0.133. The van der Waals surface area contributed by atoms with Crippen molar-refractivity contribution >= 4 is 11.4 Å². The monoisotopic (exact) mass is 398 g/mol. The van der Waals surface area contributed by atoms with E-state index in [1.54, 1.807) is 6.08 Å². The van der Waals surface area contributed by atoms with Crippen LogP contribution in [0.15, 0.2) is 42.5 Å². The number of allylic oxidation sites excluding steroid dienone is 3. The molecular weight excluding hydrogens is 352 g/mol. The standard InChI is InChI=1S/C19H24O.C7H16.C2H6/c1-3-4-5-6-7-8-11-16-14-19(20)18-13-10-9-12-17(18)15(16)2;1-3-5-7-6-4-2;1-2/h9-10,12-14H,2-8,11H2,1H3;3-7H2,1-2H3;1-2H3. The second-order valence-corrected chi connectivity index (χ2v) is 7.64. The van der Waals surface area contributed by atoms with Gasteiger partial charge in [0, 0.05) is 5.56 Å². The van der Waals surface area contributed by atoms with Crippen LogP contribution in [-0.4, -0.2) is 5.78 Å². The molecule has 1 aromatic carbocycles. The molecule has 0 saturated carbocycles. The van der Waals surface area contributed by atoms with Crippen molar-refractivity contribution in [2.75, 3.05) is 0 Å². The Hall–Kier alpha value is -1.63. The quantitative estimate of drug-likeness (QED) is 0.339. The SMILES string of the molecule is C=C1C(CCCCCCCC)=CC(=O)c2ccccc21.CC.CCCCCCC. The molecular formula is C28H46O. The zero-order chi connectivity index (χ0) is 21.9. The Morgan fingerprint density at radius 3 is 1.69 bits per heavy atom. The number of benzene rings is 1. The molecule has 1 heteroatoms. The number of ketones is 1. The van der Waals surface area contributed by atoms with Gasteiger partial charge in [-0.25, -0.2) is 0 Å². The first kappa shape index (κ1) is 27.4. The van der Waals surface area contributed by atoms with Gasteiger partial charge in [-0.15, -0.1) is 0 Å². The lowest BCUT2D eigenvalue weighted by atomic mass is 9.85. The van der Waals surface area contributed by atoms with E-state index in [1.807, 2.05) is 38.1 Å².